The Morgan fingerprint density at radius 3 is 2.76 bits per heavy atom. The Kier molecular flexibility index (Phi) is 5.89. The van der Waals surface area contributed by atoms with Crippen molar-refractivity contribution in [1.29, 1.82) is 0 Å². The summed E-state index contributed by atoms with van der Waals surface area (Å²) in [6.45, 7) is 7.44. The number of rotatable bonds is 7. The van der Waals surface area contributed by atoms with Gasteiger partial charge in [0.2, 0.25) is 0 Å². The molecule has 0 aliphatic carbocycles. The van der Waals surface area contributed by atoms with Gasteiger partial charge in [0, 0.05) is 25.7 Å². The van der Waals surface area contributed by atoms with Crippen LogP contribution in [0.1, 0.15) is 32.1 Å². The third-order valence-electron chi connectivity index (χ3n) is 5.01. The van der Waals surface area contributed by atoms with E-state index in [-0.39, 0.29) is 12.2 Å². The molecular formula is C16H30N2O3. The fraction of sp³-hybridized carbons (Fsp3) is 1.00. The van der Waals surface area contributed by atoms with Crippen LogP contribution < -0.4 is 0 Å². The normalized spacial score (nSPS) is 33.0. The zero-order valence-corrected chi connectivity index (χ0v) is 13.1. The van der Waals surface area contributed by atoms with Crippen LogP contribution >= 0.6 is 0 Å². The Hall–Kier alpha value is -0.200. The van der Waals surface area contributed by atoms with Crippen LogP contribution in [0.2, 0.25) is 0 Å². The molecule has 0 bridgehead atoms. The first-order valence-corrected chi connectivity index (χ1v) is 8.65. The van der Waals surface area contributed by atoms with Gasteiger partial charge in [-0.25, -0.2) is 0 Å². The van der Waals surface area contributed by atoms with Gasteiger partial charge in [0.1, 0.15) is 0 Å². The van der Waals surface area contributed by atoms with Crippen LogP contribution in [0, 0.1) is 0 Å². The topological polar surface area (TPSA) is 45.2 Å². The van der Waals surface area contributed by atoms with Gasteiger partial charge in [-0.05, 0) is 51.7 Å². The molecule has 3 aliphatic rings. The molecule has 0 aromatic carbocycles. The van der Waals surface area contributed by atoms with Crippen molar-refractivity contribution in [2.75, 3.05) is 52.5 Å². The van der Waals surface area contributed by atoms with Gasteiger partial charge in [-0.3, -0.25) is 9.80 Å². The molecule has 122 valence electrons. The molecule has 0 spiro atoms. The highest BCUT2D eigenvalue weighted by Gasteiger charge is 2.30. The van der Waals surface area contributed by atoms with Crippen LogP contribution in [0.15, 0.2) is 0 Å². The molecule has 3 unspecified atom stereocenters. The van der Waals surface area contributed by atoms with Gasteiger partial charge < -0.3 is 14.6 Å². The molecule has 3 fully saturated rings. The first-order valence-electron chi connectivity index (χ1n) is 8.65. The molecule has 3 saturated heterocycles. The van der Waals surface area contributed by atoms with E-state index < -0.39 is 0 Å². The van der Waals surface area contributed by atoms with Crippen LogP contribution in [0.5, 0.6) is 0 Å². The second-order valence-electron chi connectivity index (χ2n) is 6.77. The SMILES string of the molecule is OC(COCC1CCCO1)CN1CCC(N2CCCC2)C1. The second-order valence-corrected chi connectivity index (χ2v) is 6.77. The third-order valence-corrected chi connectivity index (χ3v) is 5.01. The minimum Gasteiger partial charge on any atom is -0.389 e. The minimum absolute atomic E-state index is 0.253. The fourth-order valence-electron chi connectivity index (χ4n) is 3.84. The average Bonchev–Trinajstić information content (AvgIpc) is 3.21. The van der Waals surface area contributed by atoms with Gasteiger partial charge in [-0.15, -0.1) is 0 Å². The van der Waals surface area contributed by atoms with E-state index in [2.05, 4.69) is 9.80 Å². The van der Waals surface area contributed by atoms with E-state index >= 15 is 0 Å². The number of aliphatic hydroxyl groups is 1. The number of ether oxygens (including phenoxy) is 2. The quantitative estimate of drug-likeness (QED) is 0.750. The molecule has 0 saturated carbocycles. The van der Waals surface area contributed by atoms with Gasteiger partial charge in [0.15, 0.2) is 0 Å². The second kappa shape index (κ2) is 7.88. The molecule has 1 N–H and O–H groups in total. The summed E-state index contributed by atoms with van der Waals surface area (Å²) < 4.78 is 11.1. The lowest BCUT2D eigenvalue weighted by Gasteiger charge is -2.24. The Labute approximate surface area is 128 Å². The number of hydrogen-bond acceptors (Lipinski definition) is 5. The fourth-order valence-corrected chi connectivity index (χ4v) is 3.84. The average molecular weight is 298 g/mol. The van der Waals surface area contributed by atoms with Gasteiger partial charge >= 0.3 is 0 Å². The number of β-amino-alcohol motifs (C(OH)–C–C–N with tert-alkyl or cyclic N) is 1. The number of likely N-dealkylation sites (tertiary alicyclic amines) is 2. The summed E-state index contributed by atoms with van der Waals surface area (Å²) in [5.74, 6) is 0. The number of hydrogen-bond donors (Lipinski definition) is 1. The first-order chi connectivity index (χ1) is 10.3. The highest BCUT2D eigenvalue weighted by atomic mass is 16.5. The summed E-state index contributed by atoms with van der Waals surface area (Å²) in [7, 11) is 0. The van der Waals surface area contributed by atoms with E-state index in [1.165, 1.54) is 32.4 Å². The lowest BCUT2D eigenvalue weighted by Crippen LogP contribution is -2.38. The van der Waals surface area contributed by atoms with E-state index in [9.17, 15) is 5.11 Å². The summed E-state index contributed by atoms with van der Waals surface area (Å²) in [6, 6.07) is 0.715. The Morgan fingerprint density at radius 2 is 2.00 bits per heavy atom. The zero-order chi connectivity index (χ0) is 14.5. The molecular weight excluding hydrogens is 268 g/mol. The van der Waals surface area contributed by atoms with Crippen molar-refractivity contribution >= 4 is 0 Å². The molecule has 0 radical (unpaired) electrons. The van der Waals surface area contributed by atoms with Gasteiger partial charge in [0.25, 0.3) is 0 Å². The maximum atomic E-state index is 10.1. The molecule has 3 aliphatic heterocycles. The molecule has 3 atom stereocenters. The van der Waals surface area contributed by atoms with Crippen molar-refractivity contribution in [1.82, 2.24) is 9.80 Å². The molecule has 0 aromatic heterocycles. The third kappa shape index (κ3) is 4.63. The number of nitrogens with zero attached hydrogens (tertiary/aromatic N) is 2. The first kappa shape index (κ1) is 15.7. The lowest BCUT2D eigenvalue weighted by molar-refractivity contribution is -0.0239. The van der Waals surface area contributed by atoms with Crippen LogP contribution in [-0.2, 0) is 9.47 Å². The molecule has 3 heterocycles. The maximum absolute atomic E-state index is 10.1. The Balaban J connectivity index is 1.29. The highest BCUT2D eigenvalue weighted by Crippen LogP contribution is 2.20. The standard InChI is InChI=1S/C16H30N2O3/c19-15(12-20-13-16-4-3-9-21-16)11-17-8-5-14(10-17)18-6-1-2-7-18/h14-16,19H,1-13H2. The van der Waals surface area contributed by atoms with E-state index in [4.69, 9.17) is 9.47 Å². The predicted octanol–water partition coefficient (Wildman–Crippen LogP) is 0.713. The van der Waals surface area contributed by atoms with E-state index in [0.717, 1.165) is 39.1 Å². The summed E-state index contributed by atoms with van der Waals surface area (Å²) in [6.07, 6.45) is 6.09. The van der Waals surface area contributed by atoms with Crippen molar-refractivity contribution in [2.24, 2.45) is 0 Å². The number of aliphatic hydroxyl groups excluding tert-OH is 1. The summed E-state index contributed by atoms with van der Waals surface area (Å²) >= 11 is 0. The Morgan fingerprint density at radius 1 is 1.14 bits per heavy atom. The van der Waals surface area contributed by atoms with Crippen LogP contribution in [0.3, 0.4) is 0 Å². The van der Waals surface area contributed by atoms with Gasteiger partial charge in [-0.1, -0.05) is 0 Å². The molecule has 0 amide bonds. The predicted molar refractivity (Wildman–Crippen MR) is 81.5 cm³/mol. The van der Waals surface area contributed by atoms with Crippen molar-refractivity contribution in [3.8, 4) is 0 Å². The zero-order valence-electron chi connectivity index (χ0n) is 13.1. The van der Waals surface area contributed by atoms with Crippen LogP contribution in [0.25, 0.3) is 0 Å². The molecule has 0 aromatic rings. The highest BCUT2D eigenvalue weighted by molar-refractivity contribution is 4.86. The minimum atomic E-state index is -0.372. The van der Waals surface area contributed by atoms with Crippen molar-refractivity contribution < 1.29 is 14.6 Å². The van der Waals surface area contributed by atoms with E-state index in [1.807, 2.05) is 0 Å². The molecule has 3 rings (SSSR count). The molecule has 21 heavy (non-hydrogen) atoms. The lowest BCUT2D eigenvalue weighted by atomic mass is 10.2. The summed E-state index contributed by atoms with van der Waals surface area (Å²) in [5, 5.41) is 10.1. The van der Waals surface area contributed by atoms with Crippen LogP contribution in [-0.4, -0.2) is 85.7 Å². The molecule has 5 nitrogen and oxygen atoms in total. The van der Waals surface area contributed by atoms with Gasteiger partial charge in [-0.2, -0.15) is 0 Å². The maximum Gasteiger partial charge on any atom is 0.0900 e. The smallest absolute Gasteiger partial charge is 0.0900 e. The van der Waals surface area contributed by atoms with Gasteiger partial charge in [0.05, 0.1) is 25.4 Å². The van der Waals surface area contributed by atoms with Crippen molar-refractivity contribution in [2.45, 2.75) is 50.4 Å². The Bertz CT molecular complexity index is 304. The van der Waals surface area contributed by atoms with Crippen LogP contribution in [0.4, 0.5) is 0 Å². The van der Waals surface area contributed by atoms with E-state index in [1.54, 1.807) is 0 Å². The van der Waals surface area contributed by atoms with E-state index in [0.29, 0.717) is 19.3 Å². The van der Waals surface area contributed by atoms with Crippen molar-refractivity contribution in [3.05, 3.63) is 0 Å². The monoisotopic (exact) mass is 298 g/mol. The summed E-state index contributed by atoms with van der Waals surface area (Å²) in [5.41, 5.74) is 0. The largest absolute Gasteiger partial charge is 0.389 e. The summed E-state index contributed by atoms with van der Waals surface area (Å²) in [4.78, 5) is 5.02. The van der Waals surface area contributed by atoms with Crippen molar-refractivity contribution in [3.63, 3.8) is 0 Å². The molecule has 5 heteroatoms.